The Labute approximate surface area is 78.8 Å². The first-order valence-corrected chi connectivity index (χ1v) is 5.83. The lowest BCUT2D eigenvalue weighted by Crippen LogP contribution is -2.40. The van der Waals surface area contributed by atoms with Gasteiger partial charge in [-0.15, -0.1) is 0 Å². The van der Waals surface area contributed by atoms with Gasteiger partial charge in [-0.2, -0.15) is 0 Å². The maximum atomic E-state index is 11.5. The molecule has 0 bridgehead atoms. The molecule has 0 aliphatic heterocycles. The minimum Gasteiger partial charge on any atom is -0.274 e. The highest BCUT2D eigenvalue weighted by molar-refractivity contribution is 7.91. The number of rotatable bonds is 3. The Morgan fingerprint density at radius 3 is 2.15 bits per heavy atom. The van der Waals surface area contributed by atoms with Gasteiger partial charge in [-0.05, 0) is 19.8 Å². The molecule has 0 aromatic heterocycles. The van der Waals surface area contributed by atoms with Crippen molar-refractivity contribution in [2.75, 3.05) is 0 Å². The second kappa shape index (κ2) is 2.97. The fourth-order valence-electron chi connectivity index (χ4n) is 0.818. The number of amides is 1. The van der Waals surface area contributed by atoms with Crippen LogP contribution in [0.4, 0.5) is 0 Å². The second-order valence-corrected chi connectivity index (χ2v) is 6.27. The van der Waals surface area contributed by atoms with Crippen LogP contribution in [0.15, 0.2) is 0 Å². The third-order valence-corrected chi connectivity index (χ3v) is 4.54. The average Bonchev–Trinajstić information content (AvgIpc) is 2.68. The molecular weight excluding hydrogens is 190 g/mol. The summed E-state index contributed by atoms with van der Waals surface area (Å²) >= 11 is 0. The average molecular weight is 205 g/mol. The van der Waals surface area contributed by atoms with Crippen LogP contribution in [-0.4, -0.2) is 19.1 Å². The zero-order valence-electron chi connectivity index (χ0n) is 8.12. The highest BCUT2D eigenvalue weighted by atomic mass is 32.2. The molecule has 1 N–H and O–H groups in total. The van der Waals surface area contributed by atoms with E-state index in [1.165, 1.54) is 0 Å². The Kier molecular flexibility index (Phi) is 2.40. The molecule has 1 aliphatic rings. The highest BCUT2D eigenvalue weighted by Crippen LogP contribution is 2.42. The summed E-state index contributed by atoms with van der Waals surface area (Å²) in [5.74, 6) is -0.717. The Morgan fingerprint density at radius 2 is 1.85 bits per heavy atom. The standard InChI is InChI=1S/C8H15NO3S/c1-6(2)7(10)9-13(11,12)8(3)4-5-8/h6H,4-5H2,1-3H3,(H,9,10). The first-order chi connectivity index (χ1) is 5.78. The summed E-state index contributed by atoms with van der Waals surface area (Å²) in [4.78, 5) is 11.1. The predicted octanol–water partition coefficient (Wildman–Crippen LogP) is 0.641. The van der Waals surface area contributed by atoms with E-state index in [1.54, 1.807) is 20.8 Å². The van der Waals surface area contributed by atoms with Crippen molar-refractivity contribution < 1.29 is 13.2 Å². The van der Waals surface area contributed by atoms with Crippen molar-refractivity contribution in [1.82, 2.24) is 4.72 Å². The molecule has 0 heterocycles. The van der Waals surface area contributed by atoms with Crippen molar-refractivity contribution >= 4 is 15.9 Å². The van der Waals surface area contributed by atoms with Gasteiger partial charge in [-0.25, -0.2) is 8.42 Å². The normalized spacial score (nSPS) is 20.0. The van der Waals surface area contributed by atoms with Gasteiger partial charge in [0.05, 0.1) is 4.75 Å². The van der Waals surface area contributed by atoms with Crippen molar-refractivity contribution in [2.45, 2.75) is 38.4 Å². The third kappa shape index (κ3) is 2.02. The highest BCUT2D eigenvalue weighted by Gasteiger charge is 2.50. The van der Waals surface area contributed by atoms with E-state index < -0.39 is 20.7 Å². The summed E-state index contributed by atoms with van der Waals surface area (Å²) in [5, 5.41) is 0. The smallest absolute Gasteiger partial charge is 0.240 e. The molecule has 0 saturated heterocycles. The van der Waals surface area contributed by atoms with Crippen LogP contribution >= 0.6 is 0 Å². The molecule has 0 aromatic rings. The lowest BCUT2D eigenvalue weighted by Gasteiger charge is -2.13. The number of sulfonamides is 1. The van der Waals surface area contributed by atoms with E-state index in [0.717, 1.165) is 0 Å². The predicted molar refractivity (Wildman–Crippen MR) is 49.5 cm³/mol. The largest absolute Gasteiger partial charge is 0.274 e. The minimum atomic E-state index is -3.43. The first kappa shape index (κ1) is 10.5. The molecule has 1 amide bonds. The van der Waals surface area contributed by atoms with Gasteiger partial charge in [-0.3, -0.25) is 9.52 Å². The maximum Gasteiger partial charge on any atom is 0.240 e. The molecule has 13 heavy (non-hydrogen) atoms. The molecular formula is C8H15NO3S. The summed E-state index contributed by atoms with van der Waals surface area (Å²) in [6.07, 6.45) is 1.29. The minimum absolute atomic E-state index is 0.294. The van der Waals surface area contributed by atoms with E-state index in [-0.39, 0.29) is 5.92 Å². The van der Waals surface area contributed by atoms with Crippen molar-refractivity contribution in [3.05, 3.63) is 0 Å². The molecule has 0 radical (unpaired) electrons. The van der Waals surface area contributed by atoms with Crippen LogP contribution in [0.2, 0.25) is 0 Å². The Balaban J connectivity index is 2.69. The molecule has 1 rings (SSSR count). The summed E-state index contributed by atoms with van der Waals surface area (Å²) in [6, 6.07) is 0. The van der Waals surface area contributed by atoms with Gasteiger partial charge in [0, 0.05) is 5.92 Å². The molecule has 5 heteroatoms. The van der Waals surface area contributed by atoms with E-state index in [0.29, 0.717) is 12.8 Å². The maximum absolute atomic E-state index is 11.5. The van der Waals surface area contributed by atoms with Crippen molar-refractivity contribution in [3.8, 4) is 0 Å². The van der Waals surface area contributed by atoms with Crippen molar-refractivity contribution in [1.29, 1.82) is 0 Å². The van der Waals surface area contributed by atoms with E-state index >= 15 is 0 Å². The Hall–Kier alpha value is -0.580. The summed E-state index contributed by atoms with van der Waals surface area (Å²) in [7, 11) is -3.43. The van der Waals surface area contributed by atoms with Gasteiger partial charge in [0.1, 0.15) is 0 Å². The van der Waals surface area contributed by atoms with Crippen molar-refractivity contribution in [2.24, 2.45) is 5.92 Å². The van der Waals surface area contributed by atoms with E-state index in [2.05, 4.69) is 4.72 Å². The van der Waals surface area contributed by atoms with Crippen LogP contribution in [-0.2, 0) is 14.8 Å². The lowest BCUT2D eigenvalue weighted by molar-refractivity contribution is -0.122. The first-order valence-electron chi connectivity index (χ1n) is 4.35. The van der Waals surface area contributed by atoms with Crippen molar-refractivity contribution in [3.63, 3.8) is 0 Å². The lowest BCUT2D eigenvalue weighted by atomic mass is 10.2. The van der Waals surface area contributed by atoms with Crippen LogP contribution in [0.5, 0.6) is 0 Å². The summed E-state index contributed by atoms with van der Waals surface area (Å²) < 4.78 is 24.4. The van der Waals surface area contributed by atoms with Crippen LogP contribution in [0.3, 0.4) is 0 Å². The fraction of sp³-hybridized carbons (Fsp3) is 0.875. The Morgan fingerprint density at radius 1 is 1.38 bits per heavy atom. The van der Waals surface area contributed by atoms with E-state index in [1.807, 2.05) is 0 Å². The monoisotopic (exact) mass is 205 g/mol. The van der Waals surface area contributed by atoms with Crippen LogP contribution in [0.1, 0.15) is 33.6 Å². The molecule has 0 atom stereocenters. The number of nitrogens with one attached hydrogen (secondary N) is 1. The summed E-state index contributed by atoms with van der Waals surface area (Å²) in [6.45, 7) is 4.99. The summed E-state index contributed by atoms with van der Waals surface area (Å²) in [5.41, 5.74) is 0. The van der Waals surface area contributed by atoms with Gasteiger partial charge >= 0.3 is 0 Å². The van der Waals surface area contributed by atoms with Crippen LogP contribution in [0.25, 0.3) is 0 Å². The molecule has 1 aliphatic carbocycles. The zero-order valence-corrected chi connectivity index (χ0v) is 8.94. The number of carbonyl (C=O) groups is 1. The molecule has 0 unspecified atom stereocenters. The van der Waals surface area contributed by atoms with Crippen LogP contribution < -0.4 is 4.72 Å². The Bertz CT molecular complexity index is 314. The quantitative estimate of drug-likeness (QED) is 0.735. The molecule has 76 valence electrons. The fourth-order valence-corrected chi connectivity index (χ4v) is 2.20. The number of hydrogen-bond acceptors (Lipinski definition) is 3. The second-order valence-electron chi connectivity index (χ2n) is 4.07. The molecule has 0 spiro atoms. The van der Waals surface area contributed by atoms with Gasteiger partial charge in [0.2, 0.25) is 15.9 Å². The van der Waals surface area contributed by atoms with Gasteiger partial charge in [0.25, 0.3) is 0 Å². The third-order valence-electron chi connectivity index (χ3n) is 2.36. The van der Waals surface area contributed by atoms with Gasteiger partial charge in [0.15, 0.2) is 0 Å². The topological polar surface area (TPSA) is 63.2 Å². The molecule has 0 aromatic carbocycles. The van der Waals surface area contributed by atoms with E-state index in [9.17, 15) is 13.2 Å². The molecule has 1 saturated carbocycles. The van der Waals surface area contributed by atoms with E-state index in [4.69, 9.17) is 0 Å². The molecule has 1 fully saturated rings. The zero-order chi connectivity index (χ0) is 10.3. The van der Waals surface area contributed by atoms with Gasteiger partial charge < -0.3 is 0 Å². The van der Waals surface area contributed by atoms with Crippen LogP contribution in [0, 0.1) is 5.92 Å². The number of hydrogen-bond donors (Lipinski definition) is 1. The molecule has 4 nitrogen and oxygen atoms in total. The number of carbonyl (C=O) groups excluding carboxylic acids is 1. The SMILES string of the molecule is CC(C)C(=O)NS(=O)(=O)C1(C)CC1. The van der Waals surface area contributed by atoms with Gasteiger partial charge in [-0.1, -0.05) is 13.8 Å².